The van der Waals surface area contributed by atoms with E-state index in [1.165, 1.54) is 17.3 Å². The maximum atomic E-state index is 5.77. The van der Waals surface area contributed by atoms with E-state index in [0.29, 0.717) is 17.7 Å². The third kappa shape index (κ3) is 4.17. The van der Waals surface area contributed by atoms with Crippen LogP contribution in [0.3, 0.4) is 0 Å². The van der Waals surface area contributed by atoms with Gasteiger partial charge in [-0.2, -0.15) is 0 Å². The van der Waals surface area contributed by atoms with E-state index in [4.69, 9.17) is 9.15 Å². The molecule has 0 N–H and O–H groups in total. The summed E-state index contributed by atoms with van der Waals surface area (Å²) >= 11 is 1.51. The van der Waals surface area contributed by atoms with Gasteiger partial charge in [0, 0.05) is 11.3 Å². The van der Waals surface area contributed by atoms with E-state index in [0.717, 1.165) is 29.1 Å². The lowest BCUT2D eigenvalue weighted by molar-refractivity contribution is 0.343. The largest absolute Gasteiger partial charge is 0.493 e. The Balaban J connectivity index is 1.52. The van der Waals surface area contributed by atoms with E-state index in [9.17, 15) is 0 Å². The number of benzene rings is 2. The van der Waals surface area contributed by atoms with Gasteiger partial charge in [-0.15, -0.1) is 10.2 Å². The molecule has 3 aromatic rings. The average Bonchev–Trinajstić information content (AvgIpc) is 3.08. The highest BCUT2D eigenvalue weighted by Crippen LogP contribution is 2.25. The van der Waals surface area contributed by atoms with E-state index in [1.807, 2.05) is 43.3 Å². The third-order valence-corrected chi connectivity index (χ3v) is 4.45. The summed E-state index contributed by atoms with van der Waals surface area (Å²) in [6.07, 6.45) is 1.01. The molecule has 0 radical (unpaired) electrons. The molecule has 124 valence electrons. The first-order valence-corrected chi connectivity index (χ1v) is 8.99. The molecule has 0 aliphatic rings. The monoisotopic (exact) mass is 340 g/mol. The molecule has 4 nitrogen and oxygen atoms in total. The van der Waals surface area contributed by atoms with Crippen LogP contribution in [0, 0.1) is 6.92 Å². The summed E-state index contributed by atoms with van der Waals surface area (Å²) in [6.45, 7) is 4.76. The van der Waals surface area contributed by atoms with Crippen molar-refractivity contribution in [3.05, 3.63) is 59.7 Å². The molecule has 0 amide bonds. The zero-order valence-electron chi connectivity index (χ0n) is 13.9. The second-order valence-electron chi connectivity index (χ2n) is 5.39. The summed E-state index contributed by atoms with van der Waals surface area (Å²) in [5.41, 5.74) is 3.38. The van der Waals surface area contributed by atoms with Crippen molar-refractivity contribution < 1.29 is 9.15 Å². The van der Waals surface area contributed by atoms with Gasteiger partial charge in [-0.1, -0.05) is 49.0 Å². The highest BCUT2D eigenvalue weighted by atomic mass is 32.2. The summed E-state index contributed by atoms with van der Waals surface area (Å²) in [5, 5.41) is 8.79. The van der Waals surface area contributed by atoms with Crippen LogP contribution in [0.1, 0.15) is 18.1 Å². The molecule has 0 aliphatic carbocycles. The molecule has 0 aliphatic heterocycles. The van der Waals surface area contributed by atoms with E-state index in [-0.39, 0.29) is 0 Å². The Hall–Kier alpha value is -2.27. The predicted octanol–water partition coefficient (Wildman–Crippen LogP) is 4.78. The molecule has 0 atom stereocenters. The number of aryl methyl sites for hydroxylation is 2. The minimum atomic E-state index is 0.562. The number of thioether (sulfide) groups is 1. The van der Waals surface area contributed by atoms with Gasteiger partial charge in [-0.05, 0) is 42.7 Å². The van der Waals surface area contributed by atoms with Gasteiger partial charge in [-0.25, -0.2) is 0 Å². The van der Waals surface area contributed by atoms with Crippen LogP contribution in [-0.4, -0.2) is 22.6 Å². The molecule has 3 rings (SSSR count). The summed E-state index contributed by atoms with van der Waals surface area (Å²) in [5.74, 6) is 2.22. The summed E-state index contributed by atoms with van der Waals surface area (Å²) in [6, 6.07) is 16.2. The van der Waals surface area contributed by atoms with Crippen molar-refractivity contribution in [3.63, 3.8) is 0 Å². The topological polar surface area (TPSA) is 48.2 Å². The molecule has 1 heterocycles. The van der Waals surface area contributed by atoms with Gasteiger partial charge in [-0.3, -0.25) is 0 Å². The maximum absolute atomic E-state index is 5.77. The van der Waals surface area contributed by atoms with Crippen molar-refractivity contribution in [2.75, 3.05) is 12.4 Å². The molecular formula is C19H20N2O2S. The molecule has 0 fully saturated rings. The van der Waals surface area contributed by atoms with Crippen LogP contribution in [0.2, 0.25) is 0 Å². The number of rotatable bonds is 7. The minimum absolute atomic E-state index is 0.562. The van der Waals surface area contributed by atoms with E-state index in [2.05, 4.69) is 29.3 Å². The first kappa shape index (κ1) is 16.6. The number of hydrogen-bond acceptors (Lipinski definition) is 5. The fraction of sp³-hybridized carbons (Fsp3) is 0.263. The molecule has 24 heavy (non-hydrogen) atoms. The van der Waals surface area contributed by atoms with Gasteiger partial charge in [0.2, 0.25) is 5.89 Å². The molecule has 0 saturated carbocycles. The maximum Gasteiger partial charge on any atom is 0.276 e. The fourth-order valence-electron chi connectivity index (χ4n) is 2.33. The zero-order valence-corrected chi connectivity index (χ0v) is 14.7. The van der Waals surface area contributed by atoms with Crippen LogP contribution in [-0.2, 0) is 6.42 Å². The predicted molar refractivity (Wildman–Crippen MR) is 96.5 cm³/mol. The lowest BCUT2D eigenvalue weighted by atomic mass is 10.1. The van der Waals surface area contributed by atoms with Crippen molar-refractivity contribution in [2.24, 2.45) is 0 Å². The Kier molecular flexibility index (Phi) is 5.54. The van der Waals surface area contributed by atoms with Crippen molar-refractivity contribution in [3.8, 4) is 17.2 Å². The van der Waals surface area contributed by atoms with E-state index >= 15 is 0 Å². The van der Waals surface area contributed by atoms with E-state index in [1.54, 1.807) is 0 Å². The average molecular weight is 340 g/mol. The van der Waals surface area contributed by atoms with Crippen LogP contribution >= 0.6 is 11.8 Å². The highest BCUT2D eigenvalue weighted by molar-refractivity contribution is 7.99. The molecule has 2 aromatic carbocycles. The van der Waals surface area contributed by atoms with E-state index < -0.39 is 0 Å². The summed E-state index contributed by atoms with van der Waals surface area (Å²) < 4.78 is 11.5. The van der Waals surface area contributed by atoms with Gasteiger partial charge < -0.3 is 9.15 Å². The number of nitrogens with zero attached hydrogens (tertiary/aromatic N) is 2. The Bertz CT molecular complexity index is 801. The molecular weight excluding hydrogens is 320 g/mol. The van der Waals surface area contributed by atoms with Crippen LogP contribution in [0.15, 0.2) is 58.2 Å². The highest BCUT2D eigenvalue weighted by Gasteiger charge is 2.10. The van der Waals surface area contributed by atoms with Crippen molar-refractivity contribution in [1.82, 2.24) is 10.2 Å². The first-order chi connectivity index (χ1) is 11.8. The van der Waals surface area contributed by atoms with Crippen molar-refractivity contribution >= 4 is 11.8 Å². The Morgan fingerprint density at radius 1 is 1.08 bits per heavy atom. The summed E-state index contributed by atoms with van der Waals surface area (Å²) in [4.78, 5) is 0. The Morgan fingerprint density at radius 3 is 2.79 bits per heavy atom. The molecule has 1 aromatic heterocycles. The normalized spacial score (nSPS) is 10.8. The smallest absolute Gasteiger partial charge is 0.276 e. The van der Waals surface area contributed by atoms with Crippen LogP contribution < -0.4 is 4.74 Å². The van der Waals surface area contributed by atoms with Crippen molar-refractivity contribution in [2.45, 2.75) is 25.5 Å². The lowest BCUT2D eigenvalue weighted by Crippen LogP contribution is -2.00. The molecule has 0 bridgehead atoms. The third-order valence-electron chi connectivity index (χ3n) is 3.67. The van der Waals surface area contributed by atoms with Crippen molar-refractivity contribution in [1.29, 1.82) is 0 Å². The van der Waals surface area contributed by atoms with Gasteiger partial charge in [0.25, 0.3) is 5.22 Å². The lowest BCUT2D eigenvalue weighted by Gasteiger charge is -2.06. The number of aromatic nitrogens is 2. The molecule has 0 saturated heterocycles. The second kappa shape index (κ2) is 8.02. The summed E-state index contributed by atoms with van der Waals surface area (Å²) in [7, 11) is 0. The van der Waals surface area contributed by atoms with Gasteiger partial charge >= 0.3 is 0 Å². The quantitative estimate of drug-likeness (QED) is 0.458. The van der Waals surface area contributed by atoms with Gasteiger partial charge in [0.15, 0.2) is 0 Å². The fourth-order valence-corrected chi connectivity index (χ4v) is 2.91. The van der Waals surface area contributed by atoms with Gasteiger partial charge in [0.1, 0.15) is 5.75 Å². The zero-order chi connectivity index (χ0) is 16.8. The second-order valence-corrected chi connectivity index (χ2v) is 6.43. The number of hydrogen-bond donors (Lipinski definition) is 0. The molecule has 0 spiro atoms. The number of ether oxygens (including phenoxy) is 1. The Labute approximate surface area is 146 Å². The van der Waals surface area contributed by atoms with Crippen LogP contribution in [0.5, 0.6) is 5.75 Å². The standard InChI is InChI=1S/C19H20N2O2S/c1-3-15-8-6-9-16(13-15)22-11-12-24-19-21-20-18(23-19)17-10-5-4-7-14(17)2/h4-10,13H,3,11-12H2,1-2H3. The first-order valence-electron chi connectivity index (χ1n) is 8.00. The van der Waals surface area contributed by atoms with Gasteiger partial charge in [0.05, 0.1) is 6.61 Å². The molecule has 5 heteroatoms. The molecule has 0 unspecified atom stereocenters. The Morgan fingerprint density at radius 2 is 1.96 bits per heavy atom. The SMILES string of the molecule is CCc1cccc(OCCSc2nnc(-c3ccccc3C)o2)c1. The van der Waals surface area contributed by atoms with Crippen LogP contribution in [0.4, 0.5) is 0 Å². The minimum Gasteiger partial charge on any atom is -0.493 e. The van der Waals surface area contributed by atoms with Crippen LogP contribution in [0.25, 0.3) is 11.5 Å².